The second-order valence-electron chi connectivity index (χ2n) is 2.77. The van der Waals surface area contributed by atoms with Gasteiger partial charge in [0.2, 0.25) is 11.8 Å². The van der Waals surface area contributed by atoms with Gasteiger partial charge in [0.15, 0.2) is 0 Å². The summed E-state index contributed by atoms with van der Waals surface area (Å²) in [6.45, 7) is 0.359. The van der Waals surface area contributed by atoms with Crippen molar-refractivity contribution >= 4 is 21.1 Å². The lowest BCUT2D eigenvalue weighted by atomic mass is 10.4. The lowest BCUT2D eigenvalue weighted by molar-refractivity contribution is -0.138. The Labute approximate surface area is 73.1 Å². The Morgan fingerprint density at radius 2 is 2.25 bits per heavy atom. The number of aliphatic hydroxyl groups is 1. The molecule has 2 amide bonds. The van der Waals surface area contributed by atoms with Crippen LogP contribution in [0.15, 0.2) is 0 Å². The average Bonchev–Trinajstić information content (AvgIpc) is 2.25. The predicted molar refractivity (Wildman–Crippen MR) is 46.5 cm³/mol. The SMILES string of the molecule is O=C1CC(P)C(=O)N1CCCO. The lowest BCUT2D eigenvalue weighted by Gasteiger charge is -2.12. The number of rotatable bonds is 3. The third-order valence-corrected chi connectivity index (χ3v) is 2.34. The molecule has 2 unspecified atom stereocenters. The zero-order valence-corrected chi connectivity index (χ0v) is 7.85. The molecule has 0 saturated carbocycles. The number of carbonyl (C=O) groups excluding carboxylic acids is 2. The van der Waals surface area contributed by atoms with E-state index in [0.717, 1.165) is 0 Å². The highest BCUT2D eigenvalue weighted by molar-refractivity contribution is 7.19. The molecule has 0 spiro atoms. The molecule has 1 saturated heterocycles. The predicted octanol–water partition coefficient (Wildman–Crippen LogP) is -0.629. The van der Waals surface area contributed by atoms with Gasteiger partial charge < -0.3 is 5.11 Å². The zero-order chi connectivity index (χ0) is 9.14. The van der Waals surface area contributed by atoms with Crippen LogP contribution in [-0.2, 0) is 9.59 Å². The Kier molecular flexibility index (Phi) is 3.18. The van der Waals surface area contributed by atoms with E-state index in [1.165, 1.54) is 4.90 Å². The average molecular weight is 189 g/mol. The molecule has 0 aromatic rings. The minimum atomic E-state index is -0.254. The van der Waals surface area contributed by atoms with Crippen LogP contribution in [-0.4, -0.2) is 40.6 Å². The van der Waals surface area contributed by atoms with Crippen LogP contribution in [0.1, 0.15) is 12.8 Å². The lowest BCUT2D eigenvalue weighted by Crippen LogP contribution is -2.32. The highest BCUT2D eigenvalue weighted by Crippen LogP contribution is 2.19. The fraction of sp³-hybridized carbons (Fsp3) is 0.714. The first-order valence-electron chi connectivity index (χ1n) is 3.87. The van der Waals surface area contributed by atoms with Gasteiger partial charge in [-0.3, -0.25) is 14.5 Å². The van der Waals surface area contributed by atoms with Crippen LogP contribution in [0.5, 0.6) is 0 Å². The van der Waals surface area contributed by atoms with Crippen molar-refractivity contribution < 1.29 is 14.7 Å². The number of aliphatic hydroxyl groups excluding tert-OH is 1. The zero-order valence-electron chi connectivity index (χ0n) is 6.69. The largest absolute Gasteiger partial charge is 0.396 e. The Hall–Kier alpha value is -0.470. The summed E-state index contributed by atoms with van der Waals surface area (Å²) in [6.07, 6.45) is 0.754. The van der Waals surface area contributed by atoms with E-state index < -0.39 is 0 Å². The minimum absolute atomic E-state index is 0.0125. The minimum Gasteiger partial charge on any atom is -0.396 e. The molecule has 1 aliphatic heterocycles. The number of hydrogen-bond acceptors (Lipinski definition) is 3. The summed E-state index contributed by atoms with van der Waals surface area (Å²) in [4.78, 5) is 23.6. The monoisotopic (exact) mass is 189 g/mol. The number of nitrogens with zero attached hydrogens (tertiary/aromatic N) is 1. The van der Waals surface area contributed by atoms with Crippen molar-refractivity contribution in [3.05, 3.63) is 0 Å². The molecule has 5 heteroatoms. The molecule has 1 rings (SSSR count). The quantitative estimate of drug-likeness (QED) is 0.475. The maximum atomic E-state index is 11.2. The molecule has 0 aliphatic carbocycles. The van der Waals surface area contributed by atoms with E-state index in [2.05, 4.69) is 9.24 Å². The Morgan fingerprint density at radius 1 is 1.58 bits per heavy atom. The number of likely N-dealkylation sites (tertiary alicyclic amines) is 1. The molecule has 0 radical (unpaired) electrons. The van der Waals surface area contributed by atoms with Crippen molar-refractivity contribution in [1.29, 1.82) is 0 Å². The molecular weight excluding hydrogens is 177 g/mol. The summed E-state index contributed by atoms with van der Waals surface area (Å²) in [5, 5.41) is 8.51. The fourth-order valence-corrected chi connectivity index (χ4v) is 1.55. The van der Waals surface area contributed by atoms with Crippen molar-refractivity contribution in [2.24, 2.45) is 0 Å². The van der Waals surface area contributed by atoms with Crippen LogP contribution in [0.2, 0.25) is 0 Å². The Morgan fingerprint density at radius 3 is 2.67 bits per heavy atom. The summed E-state index contributed by atoms with van der Waals surface area (Å²) in [7, 11) is 2.35. The van der Waals surface area contributed by atoms with Crippen molar-refractivity contribution in [2.45, 2.75) is 18.5 Å². The van der Waals surface area contributed by atoms with Gasteiger partial charge in [-0.25, -0.2) is 0 Å². The first kappa shape index (κ1) is 9.62. The summed E-state index contributed by atoms with van der Waals surface area (Å²) in [6, 6.07) is 0. The van der Waals surface area contributed by atoms with Gasteiger partial charge in [-0.05, 0) is 6.42 Å². The van der Waals surface area contributed by atoms with Crippen molar-refractivity contribution in [3.63, 3.8) is 0 Å². The van der Waals surface area contributed by atoms with E-state index in [4.69, 9.17) is 5.11 Å². The number of carbonyl (C=O) groups is 2. The van der Waals surface area contributed by atoms with Gasteiger partial charge in [-0.15, -0.1) is 9.24 Å². The summed E-state index contributed by atoms with van der Waals surface area (Å²) in [5.41, 5.74) is -0.254. The molecule has 0 aromatic carbocycles. The molecule has 12 heavy (non-hydrogen) atoms. The van der Waals surface area contributed by atoms with E-state index in [0.29, 0.717) is 13.0 Å². The van der Waals surface area contributed by atoms with Gasteiger partial charge in [0.05, 0.1) is 5.66 Å². The van der Waals surface area contributed by atoms with Crippen LogP contribution in [0.25, 0.3) is 0 Å². The van der Waals surface area contributed by atoms with E-state index in [1.807, 2.05) is 0 Å². The molecule has 1 aliphatic rings. The Balaban J connectivity index is 2.52. The third-order valence-electron chi connectivity index (χ3n) is 1.82. The van der Waals surface area contributed by atoms with Crippen molar-refractivity contribution in [2.75, 3.05) is 13.2 Å². The first-order valence-corrected chi connectivity index (χ1v) is 4.54. The smallest absolute Gasteiger partial charge is 0.236 e. The molecule has 2 atom stereocenters. The van der Waals surface area contributed by atoms with E-state index >= 15 is 0 Å². The molecular formula is C7H12NO3P. The van der Waals surface area contributed by atoms with Crippen molar-refractivity contribution in [3.8, 4) is 0 Å². The summed E-state index contributed by atoms with van der Waals surface area (Å²) < 4.78 is 0. The number of hydrogen-bond donors (Lipinski definition) is 1. The van der Waals surface area contributed by atoms with Crippen LogP contribution in [0.4, 0.5) is 0 Å². The highest BCUT2D eigenvalue weighted by atomic mass is 31.0. The van der Waals surface area contributed by atoms with Crippen LogP contribution in [0, 0.1) is 0 Å². The third kappa shape index (κ3) is 1.82. The molecule has 0 bridgehead atoms. The van der Waals surface area contributed by atoms with Gasteiger partial charge in [0, 0.05) is 19.6 Å². The van der Waals surface area contributed by atoms with Crippen LogP contribution < -0.4 is 0 Å². The van der Waals surface area contributed by atoms with Gasteiger partial charge in [-0.2, -0.15) is 0 Å². The molecule has 68 valence electrons. The molecule has 0 aromatic heterocycles. The van der Waals surface area contributed by atoms with E-state index in [9.17, 15) is 9.59 Å². The fourth-order valence-electron chi connectivity index (χ4n) is 1.17. The normalized spacial score (nSPS) is 23.8. The maximum absolute atomic E-state index is 11.2. The van der Waals surface area contributed by atoms with E-state index in [1.54, 1.807) is 0 Å². The Bertz CT molecular complexity index is 207. The summed E-state index contributed by atoms with van der Waals surface area (Å²) >= 11 is 0. The van der Waals surface area contributed by atoms with Gasteiger partial charge in [0.1, 0.15) is 0 Å². The van der Waals surface area contributed by atoms with Crippen LogP contribution >= 0.6 is 9.24 Å². The van der Waals surface area contributed by atoms with Gasteiger partial charge in [0.25, 0.3) is 0 Å². The first-order chi connectivity index (χ1) is 5.66. The second-order valence-corrected chi connectivity index (χ2v) is 3.58. The molecule has 1 fully saturated rings. The van der Waals surface area contributed by atoms with Gasteiger partial charge in [-0.1, -0.05) is 0 Å². The van der Waals surface area contributed by atoms with Crippen LogP contribution in [0.3, 0.4) is 0 Å². The molecule has 1 heterocycles. The number of imide groups is 1. The highest BCUT2D eigenvalue weighted by Gasteiger charge is 2.34. The van der Waals surface area contributed by atoms with Crippen molar-refractivity contribution in [1.82, 2.24) is 4.90 Å². The maximum Gasteiger partial charge on any atom is 0.236 e. The molecule has 1 N–H and O–H groups in total. The second kappa shape index (κ2) is 3.97. The summed E-state index contributed by atoms with van der Waals surface area (Å²) in [5.74, 6) is -0.271. The van der Waals surface area contributed by atoms with E-state index in [-0.39, 0.29) is 30.5 Å². The standard InChI is InChI=1S/C7H12NO3P/c9-3-1-2-8-6(10)4-5(12)7(8)11/h5,9H,1-4,12H2. The number of amides is 2. The topological polar surface area (TPSA) is 57.6 Å². The van der Waals surface area contributed by atoms with Gasteiger partial charge >= 0.3 is 0 Å². The molecule has 4 nitrogen and oxygen atoms in total.